The Kier molecular flexibility index (Phi) is 9.77. The first-order valence-corrected chi connectivity index (χ1v) is 31.8. The Balaban J connectivity index is 0.834. The zero-order chi connectivity index (χ0) is 60.0. The van der Waals surface area contributed by atoms with Gasteiger partial charge in [-0.05, 0) is 201 Å². The number of para-hydroxylation sites is 2. The Labute approximate surface area is 519 Å². The number of furan rings is 2. The molecule has 1 spiro atoms. The first-order chi connectivity index (χ1) is 43.0. The molecule has 0 aliphatic heterocycles. The van der Waals surface area contributed by atoms with E-state index < -0.39 is 5.41 Å². The van der Waals surface area contributed by atoms with Crippen LogP contribution in [0.15, 0.2) is 239 Å². The predicted octanol–water partition coefficient (Wildman–Crippen LogP) is 23.2. The molecule has 0 N–H and O–H groups in total. The maximum Gasteiger partial charge on any atom is 0.143 e. The van der Waals surface area contributed by atoms with Gasteiger partial charge in [0.25, 0.3) is 0 Å². The largest absolute Gasteiger partial charge is 0.456 e. The van der Waals surface area contributed by atoms with Gasteiger partial charge < -0.3 is 13.7 Å². The minimum absolute atomic E-state index is 0.0859. The van der Waals surface area contributed by atoms with E-state index in [4.69, 9.17) is 8.83 Å². The van der Waals surface area contributed by atoms with Crippen molar-refractivity contribution < 1.29 is 8.83 Å². The molecule has 2 aromatic heterocycles. The minimum atomic E-state index is -0.507. The van der Waals surface area contributed by atoms with E-state index in [-0.39, 0.29) is 21.7 Å². The summed E-state index contributed by atoms with van der Waals surface area (Å²) in [5, 5.41) is 4.73. The highest BCUT2D eigenvalue weighted by Crippen LogP contribution is 2.65. The lowest BCUT2D eigenvalue weighted by atomic mass is 9.70. The van der Waals surface area contributed by atoms with Gasteiger partial charge in [0, 0.05) is 60.4 Å². The van der Waals surface area contributed by atoms with Gasteiger partial charge >= 0.3 is 0 Å². The molecule has 0 unspecified atom stereocenters. The molecule has 3 nitrogen and oxygen atoms in total. The summed E-state index contributed by atoms with van der Waals surface area (Å²) in [4.78, 5) is 2.58. The van der Waals surface area contributed by atoms with Crippen LogP contribution >= 0.6 is 0 Å². The van der Waals surface area contributed by atoms with Crippen LogP contribution < -0.4 is 4.90 Å². The van der Waals surface area contributed by atoms with Gasteiger partial charge in [0.05, 0.1) is 5.41 Å². The third-order valence-corrected chi connectivity index (χ3v) is 22.0. The Morgan fingerprint density at radius 2 is 0.719 bits per heavy atom. The molecule has 0 saturated heterocycles. The van der Waals surface area contributed by atoms with Gasteiger partial charge in [-0.25, -0.2) is 0 Å². The Morgan fingerprint density at radius 1 is 0.292 bits per heavy atom. The van der Waals surface area contributed by atoms with Crippen molar-refractivity contribution in [2.75, 3.05) is 4.90 Å². The molecule has 89 heavy (non-hydrogen) atoms. The number of fused-ring (bicyclic) bond motifs is 27. The van der Waals surface area contributed by atoms with Crippen molar-refractivity contribution in [3.63, 3.8) is 0 Å². The number of anilines is 3. The van der Waals surface area contributed by atoms with E-state index in [0.717, 1.165) is 50.3 Å². The van der Waals surface area contributed by atoms with E-state index in [9.17, 15) is 0 Å². The predicted molar refractivity (Wildman–Crippen MR) is 369 cm³/mol. The summed E-state index contributed by atoms with van der Waals surface area (Å²) in [7, 11) is 0. The number of rotatable bonds is 4. The van der Waals surface area contributed by atoms with Crippen LogP contribution in [0.1, 0.15) is 124 Å². The number of hydrogen-bond acceptors (Lipinski definition) is 3. The molecule has 3 heteroatoms. The second-order valence-corrected chi connectivity index (χ2v) is 28.6. The number of nitrogens with zero attached hydrogens (tertiary/aromatic N) is 1. The summed E-state index contributed by atoms with van der Waals surface area (Å²) in [5.74, 6) is 0. The minimum Gasteiger partial charge on any atom is -0.456 e. The van der Waals surface area contributed by atoms with E-state index in [0.29, 0.717) is 0 Å². The van der Waals surface area contributed by atoms with Crippen LogP contribution in [-0.4, -0.2) is 0 Å². The standard InChI is InChI=1S/C86H65NO2/c1-82(2,3)63-28-16-10-25-54(63)61-46-73-77(80-59-27-15-21-33-75(59)89-81(61)80)57-39-36-49(43-69(57)85(73,8)9)87(50-34-37-55-53-24-13-19-31-66(53)86(72(55)44-50)64-29-17-11-22-51(64)52-23-12-18-30-65(52)86)48-35-38-56-60-45-71-62(47-70(60)84(6,7)68(56)42-48)78-67(83(71,4)5)40-41-76-79(78)58-26-14-20-32-74(58)88-76/h10-47H,1-9H3. The van der Waals surface area contributed by atoms with Crippen LogP contribution in [0.4, 0.5) is 17.1 Å². The lowest BCUT2D eigenvalue weighted by molar-refractivity contribution is 0.591. The van der Waals surface area contributed by atoms with E-state index in [1.54, 1.807) is 0 Å². The van der Waals surface area contributed by atoms with Crippen molar-refractivity contribution in [1.29, 1.82) is 0 Å². The average Bonchev–Trinajstić information content (AvgIpc) is 1.54. The zero-order valence-electron chi connectivity index (χ0n) is 51.7. The van der Waals surface area contributed by atoms with Crippen LogP contribution in [0, 0.1) is 0 Å². The third-order valence-electron chi connectivity index (χ3n) is 22.0. The Bertz CT molecular complexity index is 5470. The van der Waals surface area contributed by atoms with Crippen LogP contribution in [-0.2, 0) is 27.1 Å². The van der Waals surface area contributed by atoms with Gasteiger partial charge in [-0.2, -0.15) is 0 Å². The van der Waals surface area contributed by atoms with Crippen LogP contribution in [0.25, 0.3) is 111 Å². The van der Waals surface area contributed by atoms with Crippen molar-refractivity contribution in [2.24, 2.45) is 0 Å². The summed E-state index contributed by atoms with van der Waals surface area (Å²) in [6.07, 6.45) is 0. The molecule has 0 bridgehead atoms. The molecule has 12 aromatic carbocycles. The molecule has 0 atom stereocenters. The fourth-order valence-electron chi connectivity index (χ4n) is 17.9. The van der Waals surface area contributed by atoms with Gasteiger partial charge in [-0.1, -0.05) is 220 Å². The van der Waals surface area contributed by atoms with E-state index in [1.165, 1.54) is 139 Å². The zero-order valence-corrected chi connectivity index (χ0v) is 51.7. The second-order valence-electron chi connectivity index (χ2n) is 28.6. The summed E-state index contributed by atoms with van der Waals surface area (Å²) >= 11 is 0. The van der Waals surface area contributed by atoms with Crippen molar-refractivity contribution in [2.45, 2.75) is 89.4 Å². The van der Waals surface area contributed by atoms with E-state index >= 15 is 0 Å². The number of benzene rings is 12. The van der Waals surface area contributed by atoms with Crippen molar-refractivity contribution in [3.8, 4) is 66.8 Å². The highest BCUT2D eigenvalue weighted by atomic mass is 16.3. The Morgan fingerprint density at radius 3 is 1.35 bits per heavy atom. The van der Waals surface area contributed by atoms with Gasteiger partial charge in [0.2, 0.25) is 0 Å². The van der Waals surface area contributed by atoms with Crippen LogP contribution in [0.2, 0.25) is 0 Å². The highest BCUT2D eigenvalue weighted by Gasteiger charge is 2.52. The molecule has 19 rings (SSSR count). The van der Waals surface area contributed by atoms with E-state index in [1.807, 2.05) is 0 Å². The normalized spacial score (nSPS) is 15.8. The molecule has 5 aliphatic carbocycles. The first-order valence-electron chi connectivity index (χ1n) is 31.8. The maximum absolute atomic E-state index is 7.08. The van der Waals surface area contributed by atoms with Gasteiger partial charge in [-0.15, -0.1) is 0 Å². The average molecular weight is 1140 g/mol. The van der Waals surface area contributed by atoms with Gasteiger partial charge in [-0.3, -0.25) is 0 Å². The monoisotopic (exact) mass is 1140 g/mol. The molecule has 0 amide bonds. The fraction of sp³-hybridized carbons (Fsp3) is 0.163. The summed E-state index contributed by atoms with van der Waals surface area (Å²) in [6, 6.07) is 87.8. The fourth-order valence-corrected chi connectivity index (χ4v) is 17.9. The van der Waals surface area contributed by atoms with Crippen LogP contribution in [0.5, 0.6) is 0 Å². The Hall–Kier alpha value is -9.96. The van der Waals surface area contributed by atoms with E-state index in [2.05, 4.69) is 298 Å². The molecule has 14 aromatic rings. The molecule has 426 valence electrons. The highest BCUT2D eigenvalue weighted by molar-refractivity contribution is 6.19. The SMILES string of the molecule is CC(C)(C)c1ccccc1-c1cc2c(c3c1oc1ccccc13)-c1ccc(N(c3ccc4c(c3)C(C)(C)c3cc5c(cc3-4)C(C)(C)c3ccc4oc6ccccc6c4c3-5)c3ccc4c(c3)C3(c5ccccc5-c5ccccc53)c3ccccc3-4)cc1C2(C)C. The lowest BCUT2D eigenvalue weighted by Gasteiger charge is -2.33. The molecular weight excluding hydrogens is 1080 g/mol. The smallest absolute Gasteiger partial charge is 0.143 e. The lowest BCUT2D eigenvalue weighted by Crippen LogP contribution is -2.26. The van der Waals surface area contributed by atoms with Gasteiger partial charge in [0.15, 0.2) is 0 Å². The molecule has 2 heterocycles. The van der Waals surface area contributed by atoms with Crippen LogP contribution in [0.3, 0.4) is 0 Å². The quantitative estimate of drug-likeness (QED) is 0.176. The summed E-state index contributed by atoms with van der Waals surface area (Å²) < 4.78 is 13.6. The summed E-state index contributed by atoms with van der Waals surface area (Å²) in [6.45, 7) is 21.5. The molecule has 5 aliphatic rings. The topological polar surface area (TPSA) is 29.5 Å². The molecule has 0 fully saturated rings. The van der Waals surface area contributed by atoms with Crippen molar-refractivity contribution >= 4 is 60.9 Å². The van der Waals surface area contributed by atoms with Gasteiger partial charge in [0.1, 0.15) is 22.3 Å². The third kappa shape index (κ3) is 6.38. The molecular formula is C86H65NO2. The maximum atomic E-state index is 7.08. The summed E-state index contributed by atoms with van der Waals surface area (Å²) in [5.41, 5.74) is 35.6. The molecule has 0 saturated carbocycles. The number of hydrogen-bond donors (Lipinski definition) is 0. The second kappa shape index (κ2) is 17.0. The van der Waals surface area contributed by atoms with Crippen molar-refractivity contribution in [3.05, 3.63) is 292 Å². The van der Waals surface area contributed by atoms with Crippen molar-refractivity contribution in [1.82, 2.24) is 0 Å². The first kappa shape index (κ1) is 51.1. The molecule has 0 radical (unpaired) electrons.